The van der Waals surface area contributed by atoms with Crippen LogP contribution in [0.3, 0.4) is 0 Å². The van der Waals surface area contributed by atoms with E-state index in [1.807, 2.05) is 12.1 Å². The number of hydrogen-bond donors (Lipinski definition) is 0. The highest BCUT2D eigenvalue weighted by Gasteiger charge is 2.24. The molecule has 0 bridgehead atoms. The Bertz CT molecular complexity index is 653. The van der Waals surface area contributed by atoms with Crippen molar-refractivity contribution in [2.75, 3.05) is 6.61 Å². The van der Waals surface area contributed by atoms with E-state index >= 15 is 0 Å². The zero-order valence-corrected chi connectivity index (χ0v) is 14.3. The van der Waals surface area contributed by atoms with E-state index in [2.05, 4.69) is 0 Å². The summed E-state index contributed by atoms with van der Waals surface area (Å²) in [5.74, 6) is -0.785. The van der Waals surface area contributed by atoms with Crippen LogP contribution in [-0.4, -0.2) is 12.6 Å². The van der Waals surface area contributed by atoms with Crippen molar-refractivity contribution in [2.24, 2.45) is 0 Å². The molecule has 1 unspecified atom stereocenters. The highest BCUT2D eigenvalue weighted by molar-refractivity contribution is 6.35. The van der Waals surface area contributed by atoms with Gasteiger partial charge in [-0.25, -0.2) is 0 Å². The minimum absolute atomic E-state index is 0.304. The lowest BCUT2D eigenvalue weighted by atomic mass is 9.92. The van der Waals surface area contributed by atoms with Gasteiger partial charge in [-0.15, -0.1) is 0 Å². The first-order valence-electron chi connectivity index (χ1n) is 6.87. The molecule has 22 heavy (non-hydrogen) atoms. The van der Waals surface area contributed by atoms with Crippen molar-refractivity contribution in [2.45, 2.75) is 19.3 Å². The van der Waals surface area contributed by atoms with Crippen LogP contribution in [0.4, 0.5) is 0 Å². The van der Waals surface area contributed by atoms with Gasteiger partial charge in [0.05, 0.1) is 12.5 Å². The summed E-state index contributed by atoms with van der Waals surface area (Å²) in [6.45, 7) is 2.10. The standard InChI is InChI=1S/C17H15Cl3O2/c1-2-22-17(21)15(9-11-3-5-12(18)6-4-11)14-8-7-13(19)10-16(14)20/h3-8,10,15H,2,9H2,1H3. The molecule has 0 amide bonds. The molecule has 0 radical (unpaired) electrons. The first kappa shape index (κ1) is 17.1. The summed E-state index contributed by atoms with van der Waals surface area (Å²) >= 11 is 18.1. The van der Waals surface area contributed by atoms with Crippen molar-refractivity contribution < 1.29 is 9.53 Å². The maximum absolute atomic E-state index is 12.3. The molecule has 0 aliphatic heterocycles. The molecule has 0 aliphatic carbocycles. The molecule has 0 spiro atoms. The van der Waals surface area contributed by atoms with Gasteiger partial charge < -0.3 is 4.74 Å². The molecule has 116 valence electrons. The molecular formula is C17H15Cl3O2. The lowest BCUT2D eigenvalue weighted by molar-refractivity contribution is -0.144. The quantitative estimate of drug-likeness (QED) is 0.657. The fraction of sp³-hybridized carbons (Fsp3) is 0.235. The minimum atomic E-state index is -0.481. The van der Waals surface area contributed by atoms with Gasteiger partial charge in [-0.3, -0.25) is 4.79 Å². The maximum Gasteiger partial charge on any atom is 0.313 e. The fourth-order valence-corrected chi connectivity index (χ4v) is 2.87. The summed E-state index contributed by atoms with van der Waals surface area (Å²) < 4.78 is 5.18. The van der Waals surface area contributed by atoms with Gasteiger partial charge in [-0.05, 0) is 48.7 Å². The summed E-state index contributed by atoms with van der Waals surface area (Å²) in [7, 11) is 0. The van der Waals surface area contributed by atoms with E-state index in [0.717, 1.165) is 5.56 Å². The van der Waals surface area contributed by atoms with Crippen molar-refractivity contribution in [3.05, 3.63) is 68.7 Å². The van der Waals surface area contributed by atoms with Crippen molar-refractivity contribution in [1.29, 1.82) is 0 Å². The molecule has 5 heteroatoms. The van der Waals surface area contributed by atoms with Crippen LogP contribution in [0.25, 0.3) is 0 Å². The highest BCUT2D eigenvalue weighted by Crippen LogP contribution is 2.31. The Morgan fingerprint density at radius 2 is 1.68 bits per heavy atom. The molecule has 0 heterocycles. The predicted octanol–water partition coefficient (Wildman–Crippen LogP) is 5.54. The zero-order chi connectivity index (χ0) is 16.1. The molecule has 0 aromatic heterocycles. The summed E-state index contributed by atoms with van der Waals surface area (Å²) in [6.07, 6.45) is 0.483. The average molecular weight is 358 g/mol. The third-order valence-electron chi connectivity index (χ3n) is 3.26. The van der Waals surface area contributed by atoms with Crippen LogP contribution in [0.1, 0.15) is 24.0 Å². The van der Waals surface area contributed by atoms with Crippen LogP contribution >= 0.6 is 34.8 Å². The molecule has 2 nitrogen and oxygen atoms in total. The van der Waals surface area contributed by atoms with Gasteiger partial charge in [0.25, 0.3) is 0 Å². The van der Waals surface area contributed by atoms with E-state index in [4.69, 9.17) is 39.5 Å². The van der Waals surface area contributed by atoms with E-state index in [-0.39, 0.29) is 5.97 Å². The molecule has 0 N–H and O–H groups in total. The number of ether oxygens (including phenoxy) is 1. The summed E-state index contributed by atoms with van der Waals surface area (Å²) in [5, 5.41) is 1.64. The maximum atomic E-state index is 12.3. The van der Waals surface area contributed by atoms with Gasteiger partial charge in [0, 0.05) is 15.1 Å². The number of esters is 1. The van der Waals surface area contributed by atoms with Gasteiger partial charge in [0.1, 0.15) is 0 Å². The topological polar surface area (TPSA) is 26.3 Å². The second kappa shape index (κ2) is 7.87. The van der Waals surface area contributed by atoms with Crippen LogP contribution in [0.15, 0.2) is 42.5 Å². The Labute approximate surface area is 144 Å². The van der Waals surface area contributed by atoms with Gasteiger partial charge in [-0.2, -0.15) is 0 Å². The first-order valence-corrected chi connectivity index (χ1v) is 8.00. The fourth-order valence-electron chi connectivity index (χ4n) is 2.20. The Morgan fingerprint density at radius 3 is 2.27 bits per heavy atom. The van der Waals surface area contributed by atoms with Crippen molar-refractivity contribution in [3.8, 4) is 0 Å². The first-order chi connectivity index (χ1) is 10.5. The highest BCUT2D eigenvalue weighted by atomic mass is 35.5. The SMILES string of the molecule is CCOC(=O)C(Cc1ccc(Cl)cc1)c1ccc(Cl)cc1Cl. The van der Waals surface area contributed by atoms with Crippen molar-refractivity contribution in [1.82, 2.24) is 0 Å². The third-order valence-corrected chi connectivity index (χ3v) is 4.08. The molecule has 0 aliphatic rings. The van der Waals surface area contributed by atoms with Gasteiger partial charge in [0.15, 0.2) is 0 Å². The zero-order valence-electron chi connectivity index (χ0n) is 12.0. The predicted molar refractivity (Wildman–Crippen MR) is 91.0 cm³/mol. The van der Waals surface area contributed by atoms with E-state index in [1.54, 1.807) is 37.3 Å². The van der Waals surface area contributed by atoms with Crippen LogP contribution in [-0.2, 0) is 16.0 Å². The van der Waals surface area contributed by atoms with Crippen molar-refractivity contribution in [3.63, 3.8) is 0 Å². The second-order valence-electron chi connectivity index (χ2n) is 4.80. The Kier molecular flexibility index (Phi) is 6.13. The van der Waals surface area contributed by atoms with E-state index in [0.29, 0.717) is 33.7 Å². The molecule has 2 rings (SSSR count). The Hall–Kier alpha value is -1.22. The molecule has 0 fully saturated rings. The Morgan fingerprint density at radius 1 is 1.05 bits per heavy atom. The number of benzene rings is 2. The van der Waals surface area contributed by atoms with Crippen molar-refractivity contribution >= 4 is 40.8 Å². The van der Waals surface area contributed by atoms with Crippen LogP contribution in [0, 0.1) is 0 Å². The second-order valence-corrected chi connectivity index (χ2v) is 6.08. The largest absolute Gasteiger partial charge is 0.466 e. The number of carbonyl (C=O) groups excluding carboxylic acids is 1. The van der Waals surface area contributed by atoms with E-state index < -0.39 is 5.92 Å². The van der Waals surface area contributed by atoms with Gasteiger partial charge >= 0.3 is 5.97 Å². The van der Waals surface area contributed by atoms with Crippen LogP contribution in [0.5, 0.6) is 0 Å². The lowest BCUT2D eigenvalue weighted by Gasteiger charge is -2.17. The summed E-state index contributed by atoms with van der Waals surface area (Å²) in [4.78, 5) is 12.3. The van der Waals surface area contributed by atoms with Gasteiger partial charge in [-0.1, -0.05) is 53.0 Å². The summed E-state index contributed by atoms with van der Waals surface area (Å²) in [6, 6.07) is 12.5. The Balaban J connectivity index is 2.33. The van der Waals surface area contributed by atoms with Crippen LogP contribution < -0.4 is 0 Å². The molecular weight excluding hydrogens is 343 g/mol. The number of carbonyl (C=O) groups is 1. The van der Waals surface area contributed by atoms with Crippen LogP contribution in [0.2, 0.25) is 15.1 Å². The smallest absolute Gasteiger partial charge is 0.313 e. The molecule has 1 atom stereocenters. The molecule has 0 saturated heterocycles. The number of hydrogen-bond acceptors (Lipinski definition) is 2. The molecule has 2 aromatic rings. The number of rotatable bonds is 5. The normalized spacial score (nSPS) is 12.0. The molecule has 2 aromatic carbocycles. The minimum Gasteiger partial charge on any atom is -0.466 e. The lowest BCUT2D eigenvalue weighted by Crippen LogP contribution is -2.18. The van der Waals surface area contributed by atoms with Gasteiger partial charge in [0.2, 0.25) is 0 Å². The monoisotopic (exact) mass is 356 g/mol. The van der Waals surface area contributed by atoms with E-state index in [9.17, 15) is 4.79 Å². The summed E-state index contributed by atoms with van der Waals surface area (Å²) in [5.41, 5.74) is 1.69. The molecule has 0 saturated carbocycles. The average Bonchev–Trinajstić information content (AvgIpc) is 2.48. The number of halogens is 3. The third kappa shape index (κ3) is 4.39. The van der Waals surface area contributed by atoms with E-state index in [1.165, 1.54) is 0 Å².